The Morgan fingerprint density at radius 3 is 2.52 bits per heavy atom. The number of benzene rings is 2. The van der Waals surface area contributed by atoms with Crippen LogP contribution in [0.25, 0.3) is 11.3 Å². The maximum Gasteiger partial charge on any atom is 0.268 e. The molecule has 0 aliphatic heterocycles. The number of rotatable bonds is 5. The Bertz CT molecular complexity index is 977. The number of carbonyl (C=O) groups excluding carboxylic acids is 1. The summed E-state index contributed by atoms with van der Waals surface area (Å²) >= 11 is 1.28. The lowest BCUT2D eigenvalue weighted by Gasteiger charge is -2.07. The highest BCUT2D eigenvalue weighted by Crippen LogP contribution is 2.33. The zero-order valence-electron chi connectivity index (χ0n) is 15.9. The summed E-state index contributed by atoms with van der Waals surface area (Å²) in [4.78, 5) is 24.3. The number of nitrogens with zero attached hydrogens (tertiary/aromatic N) is 3. The second-order valence-electron chi connectivity index (χ2n) is 6.50. The van der Waals surface area contributed by atoms with Gasteiger partial charge < -0.3 is 10.2 Å². The first-order chi connectivity index (χ1) is 12.9. The maximum atomic E-state index is 13.0. The van der Waals surface area contributed by atoms with Gasteiger partial charge in [-0.2, -0.15) is 0 Å². The first-order valence-corrected chi connectivity index (χ1v) is 9.41. The maximum absolute atomic E-state index is 13.0. The predicted molar refractivity (Wildman–Crippen MR) is 113 cm³/mol. The molecule has 0 saturated heterocycles. The molecule has 3 rings (SSSR count). The standard InChI is InChI=1S/C21H22N4OS/c1-14-10-11-17(12-15(14)2)23-20(26)19-18(16-8-6-5-7-9-16)24-21(27-19)22-13-25(3)4/h5-13H,1-4H3,(H,23,26). The van der Waals surface area contributed by atoms with E-state index in [1.54, 1.807) is 6.34 Å². The Labute approximate surface area is 163 Å². The van der Waals surface area contributed by atoms with Gasteiger partial charge in [0.15, 0.2) is 0 Å². The molecule has 0 aliphatic carbocycles. The van der Waals surface area contributed by atoms with Crippen LogP contribution in [-0.2, 0) is 0 Å². The van der Waals surface area contributed by atoms with Crippen molar-refractivity contribution in [2.75, 3.05) is 19.4 Å². The van der Waals surface area contributed by atoms with Crippen molar-refractivity contribution in [2.45, 2.75) is 13.8 Å². The molecule has 3 aromatic rings. The summed E-state index contributed by atoms with van der Waals surface area (Å²) in [6.07, 6.45) is 1.68. The molecule has 1 aromatic heterocycles. The summed E-state index contributed by atoms with van der Waals surface area (Å²) < 4.78 is 0. The van der Waals surface area contributed by atoms with E-state index >= 15 is 0 Å². The van der Waals surface area contributed by atoms with E-state index < -0.39 is 0 Å². The van der Waals surface area contributed by atoms with Crippen LogP contribution in [0.15, 0.2) is 53.5 Å². The topological polar surface area (TPSA) is 57.6 Å². The molecule has 0 radical (unpaired) electrons. The van der Waals surface area contributed by atoms with Gasteiger partial charge in [0.2, 0.25) is 5.13 Å². The summed E-state index contributed by atoms with van der Waals surface area (Å²) in [7, 11) is 3.78. The minimum atomic E-state index is -0.180. The largest absolute Gasteiger partial charge is 0.369 e. The summed E-state index contributed by atoms with van der Waals surface area (Å²) in [6.45, 7) is 4.08. The van der Waals surface area contributed by atoms with Gasteiger partial charge in [-0.3, -0.25) is 4.79 Å². The number of hydrogen-bond acceptors (Lipinski definition) is 4. The molecule has 0 spiro atoms. The minimum absolute atomic E-state index is 0.180. The number of thiazole rings is 1. The van der Waals surface area contributed by atoms with Gasteiger partial charge in [0.05, 0.1) is 12.0 Å². The molecule has 0 fully saturated rings. The first-order valence-electron chi connectivity index (χ1n) is 8.59. The highest BCUT2D eigenvalue weighted by Gasteiger charge is 2.19. The van der Waals surface area contributed by atoms with E-state index in [0.717, 1.165) is 16.8 Å². The zero-order valence-corrected chi connectivity index (χ0v) is 16.7. The Kier molecular flexibility index (Phi) is 5.66. The highest BCUT2D eigenvalue weighted by atomic mass is 32.1. The predicted octanol–water partition coefficient (Wildman–Crippen LogP) is 4.90. The molecule has 1 N–H and O–H groups in total. The van der Waals surface area contributed by atoms with Gasteiger partial charge in [0.1, 0.15) is 4.88 Å². The van der Waals surface area contributed by atoms with Gasteiger partial charge in [-0.05, 0) is 37.1 Å². The van der Waals surface area contributed by atoms with E-state index in [4.69, 9.17) is 0 Å². The molecule has 27 heavy (non-hydrogen) atoms. The number of anilines is 1. The van der Waals surface area contributed by atoms with E-state index in [0.29, 0.717) is 15.7 Å². The van der Waals surface area contributed by atoms with Crippen LogP contribution in [0, 0.1) is 13.8 Å². The SMILES string of the molecule is Cc1ccc(NC(=O)c2sc(N=CN(C)C)nc2-c2ccccc2)cc1C. The monoisotopic (exact) mass is 378 g/mol. The Balaban J connectivity index is 1.96. The van der Waals surface area contributed by atoms with E-state index in [-0.39, 0.29) is 5.91 Å². The number of aromatic nitrogens is 1. The normalized spacial score (nSPS) is 11.0. The molecule has 0 atom stereocenters. The number of carbonyl (C=O) groups is 1. The van der Waals surface area contributed by atoms with Crippen LogP contribution >= 0.6 is 11.3 Å². The van der Waals surface area contributed by atoms with Crippen molar-refractivity contribution in [3.05, 3.63) is 64.5 Å². The molecule has 0 saturated carbocycles. The lowest BCUT2D eigenvalue weighted by Crippen LogP contribution is -2.11. The van der Waals surface area contributed by atoms with Crippen molar-refractivity contribution >= 4 is 34.4 Å². The van der Waals surface area contributed by atoms with Crippen LogP contribution in [0.3, 0.4) is 0 Å². The number of hydrogen-bond donors (Lipinski definition) is 1. The average molecular weight is 379 g/mol. The fourth-order valence-electron chi connectivity index (χ4n) is 2.48. The third-order valence-corrected chi connectivity index (χ3v) is 5.00. The number of amides is 1. The zero-order chi connectivity index (χ0) is 19.4. The number of nitrogens with one attached hydrogen (secondary N) is 1. The Morgan fingerprint density at radius 2 is 1.85 bits per heavy atom. The first kappa shape index (κ1) is 18.8. The van der Waals surface area contributed by atoms with Crippen molar-refractivity contribution in [3.8, 4) is 11.3 Å². The molecule has 0 unspecified atom stereocenters. The van der Waals surface area contributed by atoms with Crippen LogP contribution in [0.4, 0.5) is 10.8 Å². The van der Waals surface area contributed by atoms with Gasteiger partial charge >= 0.3 is 0 Å². The van der Waals surface area contributed by atoms with Gasteiger partial charge in [0, 0.05) is 25.3 Å². The van der Waals surface area contributed by atoms with E-state index in [9.17, 15) is 4.79 Å². The van der Waals surface area contributed by atoms with Crippen LogP contribution in [0.1, 0.15) is 20.8 Å². The molecule has 1 amide bonds. The lowest BCUT2D eigenvalue weighted by atomic mass is 10.1. The summed E-state index contributed by atoms with van der Waals surface area (Å²) in [6, 6.07) is 15.6. The molecule has 0 aliphatic rings. The van der Waals surface area contributed by atoms with Crippen LogP contribution < -0.4 is 5.32 Å². The smallest absolute Gasteiger partial charge is 0.268 e. The van der Waals surface area contributed by atoms with Gasteiger partial charge in [-0.15, -0.1) is 0 Å². The fourth-order valence-corrected chi connectivity index (χ4v) is 3.30. The van der Waals surface area contributed by atoms with E-state index in [1.807, 2.05) is 81.4 Å². The summed E-state index contributed by atoms with van der Waals surface area (Å²) in [5, 5.41) is 3.53. The van der Waals surface area contributed by atoms with E-state index in [1.165, 1.54) is 16.9 Å². The third kappa shape index (κ3) is 4.60. The van der Waals surface area contributed by atoms with Crippen LogP contribution in [0.2, 0.25) is 0 Å². The molecule has 2 aromatic carbocycles. The minimum Gasteiger partial charge on any atom is -0.369 e. The van der Waals surface area contributed by atoms with Gasteiger partial charge in [-0.25, -0.2) is 9.98 Å². The molecule has 6 heteroatoms. The number of aliphatic imine (C=N–C) groups is 1. The lowest BCUT2D eigenvalue weighted by molar-refractivity contribution is 0.103. The van der Waals surface area contributed by atoms with Crippen molar-refractivity contribution in [2.24, 2.45) is 4.99 Å². The molecule has 1 heterocycles. The second-order valence-corrected chi connectivity index (χ2v) is 7.48. The van der Waals surface area contributed by atoms with Crippen molar-refractivity contribution in [1.82, 2.24) is 9.88 Å². The molecule has 5 nitrogen and oxygen atoms in total. The summed E-state index contributed by atoms with van der Waals surface area (Å²) in [5.74, 6) is -0.180. The molecule has 0 bridgehead atoms. The quantitative estimate of drug-likeness (QED) is 0.507. The number of aryl methyl sites for hydroxylation is 2. The third-order valence-electron chi connectivity index (χ3n) is 4.03. The summed E-state index contributed by atoms with van der Waals surface area (Å²) in [5.41, 5.74) is 4.64. The average Bonchev–Trinajstić information content (AvgIpc) is 3.08. The fraction of sp³-hybridized carbons (Fsp3) is 0.190. The molecule has 138 valence electrons. The van der Waals surface area contributed by atoms with Crippen molar-refractivity contribution in [3.63, 3.8) is 0 Å². The van der Waals surface area contributed by atoms with Crippen LogP contribution in [0.5, 0.6) is 0 Å². The van der Waals surface area contributed by atoms with Gasteiger partial charge in [0.25, 0.3) is 5.91 Å². The Morgan fingerprint density at radius 1 is 1.11 bits per heavy atom. The molecular formula is C21H22N4OS. The van der Waals surface area contributed by atoms with Crippen molar-refractivity contribution in [1.29, 1.82) is 0 Å². The van der Waals surface area contributed by atoms with E-state index in [2.05, 4.69) is 15.3 Å². The van der Waals surface area contributed by atoms with Crippen molar-refractivity contribution < 1.29 is 4.79 Å². The van der Waals surface area contributed by atoms with Crippen LogP contribution in [-0.4, -0.2) is 36.2 Å². The molecular weight excluding hydrogens is 356 g/mol. The van der Waals surface area contributed by atoms with Gasteiger partial charge in [-0.1, -0.05) is 47.7 Å². The highest BCUT2D eigenvalue weighted by molar-refractivity contribution is 7.17. The Hall–Kier alpha value is -2.99. The second kappa shape index (κ2) is 8.14.